The van der Waals surface area contributed by atoms with Crippen molar-refractivity contribution in [2.45, 2.75) is 45.2 Å². The van der Waals surface area contributed by atoms with Crippen molar-refractivity contribution in [3.63, 3.8) is 0 Å². The van der Waals surface area contributed by atoms with Gasteiger partial charge < -0.3 is 20.1 Å². The van der Waals surface area contributed by atoms with E-state index in [2.05, 4.69) is 18.7 Å². The van der Waals surface area contributed by atoms with Gasteiger partial charge in [-0.2, -0.15) is 0 Å². The maximum Gasteiger partial charge on any atom is 0.0700 e. The molecule has 1 heterocycles. The third-order valence-electron chi connectivity index (χ3n) is 4.18. The van der Waals surface area contributed by atoms with Crippen molar-refractivity contribution in [3.8, 4) is 0 Å². The average Bonchev–Trinajstić information content (AvgIpc) is 2.37. The Morgan fingerprint density at radius 1 is 1.17 bits per heavy atom. The first-order chi connectivity index (χ1) is 8.66. The second-order valence-corrected chi connectivity index (χ2v) is 5.40. The minimum atomic E-state index is 0.383. The Hall–Kier alpha value is -0.160. The van der Waals surface area contributed by atoms with Crippen molar-refractivity contribution in [2.75, 3.05) is 40.0 Å². The molecule has 1 rings (SSSR count). The zero-order valence-electron chi connectivity index (χ0n) is 12.2. The van der Waals surface area contributed by atoms with E-state index >= 15 is 0 Å². The van der Waals surface area contributed by atoms with E-state index in [-0.39, 0.29) is 0 Å². The van der Waals surface area contributed by atoms with Gasteiger partial charge in [0, 0.05) is 25.8 Å². The maximum atomic E-state index is 6.10. The fourth-order valence-electron chi connectivity index (χ4n) is 2.55. The number of unbranched alkanes of at least 4 members (excludes halogenated alkanes) is 1. The normalized spacial score (nSPS) is 29.7. The third-order valence-corrected chi connectivity index (χ3v) is 4.18. The number of rotatable bonds is 8. The monoisotopic (exact) mass is 258 g/mol. The van der Waals surface area contributed by atoms with Crippen LogP contribution in [0.5, 0.6) is 0 Å². The second-order valence-electron chi connectivity index (χ2n) is 5.40. The van der Waals surface area contributed by atoms with E-state index in [1.54, 1.807) is 7.11 Å². The molecule has 4 heteroatoms. The number of piperidine rings is 1. The molecule has 18 heavy (non-hydrogen) atoms. The van der Waals surface area contributed by atoms with Gasteiger partial charge in [0.05, 0.1) is 13.2 Å². The Morgan fingerprint density at radius 2 is 1.94 bits per heavy atom. The van der Waals surface area contributed by atoms with Crippen molar-refractivity contribution in [2.24, 2.45) is 11.7 Å². The Kier molecular flexibility index (Phi) is 7.82. The molecule has 0 aromatic rings. The summed E-state index contributed by atoms with van der Waals surface area (Å²) in [4.78, 5) is 2.57. The van der Waals surface area contributed by atoms with E-state index in [0.717, 1.165) is 26.0 Å². The van der Waals surface area contributed by atoms with E-state index < -0.39 is 0 Å². The Morgan fingerprint density at radius 3 is 2.67 bits per heavy atom. The Labute approximate surface area is 112 Å². The van der Waals surface area contributed by atoms with Gasteiger partial charge in [-0.3, -0.25) is 0 Å². The molecule has 0 amide bonds. The molecule has 1 fully saturated rings. The number of likely N-dealkylation sites (tertiary alicyclic amines) is 1. The van der Waals surface area contributed by atoms with Gasteiger partial charge in [-0.15, -0.1) is 0 Å². The van der Waals surface area contributed by atoms with Gasteiger partial charge in [0.15, 0.2) is 0 Å². The molecule has 0 aromatic carbocycles. The summed E-state index contributed by atoms with van der Waals surface area (Å²) in [7, 11) is 1.70. The van der Waals surface area contributed by atoms with Gasteiger partial charge in [0.1, 0.15) is 0 Å². The highest BCUT2D eigenvalue weighted by atomic mass is 16.5. The van der Waals surface area contributed by atoms with Crippen LogP contribution >= 0.6 is 0 Å². The maximum absolute atomic E-state index is 6.10. The lowest BCUT2D eigenvalue weighted by Crippen LogP contribution is -2.51. The fraction of sp³-hybridized carbons (Fsp3) is 1.00. The molecule has 0 saturated carbocycles. The number of methoxy groups -OCH3 is 1. The van der Waals surface area contributed by atoms with Gasteiger partial charge in [-0.1, -0.05) is 6.92 Å². The number of hydrogen-bond acceptors (Lipinski definition) is 4. The van der Waals surface area contributed by atoms with Crippen molar-refractivity contribution in [1.82, 2.24) is 4.90 Å². The van der Waals surface area contributed by atoms with Gasteiger partial charge >= 0.3 is 0 Å². The van der Waals surface area contributed by atoms with E-state index in [4.69, 9.17) is 15.2 Å². The fourth-order valence-corrected chi connectivity index (χ4v) is 2.55. The van der Waals surface area contributed by atoms with Crippen LogP contribution in [0.25, 0.3) is 0 Å². The number of nitrogens with two attached hydrogens (primary N) is 1. The number of nitrogens with zero attached hydrogens (tertiary/aromatic N) is 1. The van der Waals surface area contributed by atoms with Gasteiger partial charge in [0.25, 0.3) is 0 Å². The standard InChI is InChI=1S/C14H30N2O2/c1-12-13(2)16(8-6-14(12)15)7-4-5-9-18-11-10-17-3/h12-14H,4-11,15H2,1-3H3. The summed E-state index contributed by atoms with van der Waals surface area (Å²) >= 11 is 0. The van der Waals surface area contributed by atoms with Crippen LogP contribution in [-0.4, -0.2) is 57.0 Å². The summed E-state index contributed by atoms with van der Waals surface area (Å²) in [5.41, 5.74) is 6.10. The lowest BCUT2D eigenvalue weighted by molar-refractivity contribution is 0.0625. The van der Waals surface area contributed by atoms with Crippen LogP contribution in [0.1, 0.15) is 33.1 Å². The number of hydrogen-bond donors (Lipinski definition) is 1. The quantitative estimate of drug-likeness (QED) is 0.670. The molecule has 0 radical (unpaired) electrons. The molecule has 108 valence electrons. The first-order valence-corrected chi connectivity index (χ1v) is 7.23. The average molecular weight is 258 g/mol. The molecule has 3 unspecified atom stereocenters. The molecule has 3 atom stereocenters. The first-order valence-electron chi connectivity index (χ1n) is 7.23. The molecule has 2 N–H and O–H groups in total. The summed E-state index contributed by atoms with van der Waals surface area (Å²) in [6.07, 6.45) is 3.47. The van der Waals surface area contributed by atoms with Crippen molar-refractivity contribution in [3.05, 3.63) is 0 Å². The predicted octanol–water partition coefficient (Wildman–Crippen LogP) is 1.49. The highest BCUT2D eigenvalue weighted by molar-refractivity contribution is 4.86. The Bertz CT molecular complexity index is 214. The second kappa shape index (κ2) is 8.86. The zero-order chi connectivity index (χ0) is 13.4. The first kappa shape index (κ1) is 15.9. The Balaban J connectivity index is 2.05. The van der Waals surface area contributed by atoms with Crippen LogP contribution < -0.4 is 5.73 Å². The minimum absolute atomic E-state index is 0.383. The molecule has 1 aliphatic rings. The molecule has 0 bridgehead atoms. The lowest BCUT2D eigenvalue weighted by Gasteiger charge is -2.41. The molecule has 0 aliphatic carbocycles. The highest BCUT2D eigenvalue weighted by Gasteiger charge is 2.29. The van der Waals surface area contributed by atoms with E-state index in [0.29, 0.717) is 31.2 Å². The molecular formula is C14H30N2O2. The van der Waals surface area contributed by atoms with Crippen molar-refractivity contribution < 1.29 is 9.47 Å². The highest BCUT2D eigenvalue weighted by Crippen LogP contribution is 2.22. The van der Waals surface area contributed by atoms with Crippen LogP contribution in [0.4, 0.5) is 0 Å². The smallest absolute Gasteiger partial charge is 0.0700 e. The summed E-state index contributed by atoms with van der Waals surface area (Å²) in [6, 6.07) is 0.997. The van der Waals surface area contributed by atoms with E-state index in [1.807, 2.05) is 0 Å². The molecule has 0 aromatic heterocycles. The van der Waals surface area contributed by atoms with Crippen molar-refractivity contribution >= 4 is 0 Å². The summed E-state index contributed by atoms with van der Waals surface area (Å²) in [6.45, 7) is 9.15. The van der Waals surface area contributed by atoms with Crippen molar-refractivity contribution in [1.29, 1.82) is 0 Å². The predicted molar refractivity (Wildman–Crippen MR) is 74.7 cm³/mol. The van der Waals surface area contributed by atoms with Crippen LogP contribution in [0.2, 0.25) is 0 Å². The SMILES string of the molecule is COCCOCCCCN1CCC(N)C(C)C1C. The molecular weight excluding hydrogens is 228 g/mol. The molecule has 1 aliphatic heterocycles. The minimum Gasteiger partial charge on any atom is -0.382 e. The lowest BCUT2D eigenvalue weighted by atomic mass is 9.87. The molecule has 0 spiro atoms. The largest absolute Gasteiger partial charge is 0.382 e. The van der Waals surface area contributed by atoms with Crippen LogP contribution in [0.15, 0.2) is 0 Å². The molecule has 4 nitrogen and oxygen atoms in total. The van der Waals surface area contributed by atoms with Crippen LogP contribution in [-0.2, 0) is 9.47 Å². The van der Waals surface area contributed by atoms with Gasteiger partial charge in [0.2, 0.25) is 0 Å². The summed E-state index contributed by atoms with van der Waals surface area (Å²) < 4.78 is 10.4. The molecule has 1 saturated heterocycles. The topological polar surface area (TPSA) is 47.7 Å². The van der Waals surface area contributed by atoms with Gasteiger partial charge in [-0.05, 0) is 45.2 Å². The van der Waals surface area contributed by atoms with E-state index in [9.17, 15) is 0 Å². The summed E-state index contributed by atoms with van der Waals surface area (Å²) in [5.74, 6) is 0.608. The summed E-state index contributed by atoms with van der Waals surface area (Å²) in [5, 5.41) is 0. The van der Waals surface area contributed by atoms with Crippen LogP contribution in [0, 0.1) is 5.92 Å². The zero-order valence-corrected chi connectivity index (χ0v) is 12.2. The third kappa shape index (κ3) is 5.22. The number of ether oxygens (including phenoxy) is 2. The van der Waals surface area contributed by atoms with Gasteiger partial charge in [-0.25, -0.2) is 0 Å². The van der Waals surface area contributed by atoms with Crippen LogP contribution in [0.3, 0.4) is 0 Å². The van der Waals surface area contributed by atoms with E-state index in [1.165, 1.54) is 13.0 Å².